The van der Waals surface area contributed by atoms with Crippen molar-refractivity contribution in [3.05, 3.63) is 35.4 Å². The van der Waals surface area contributed by atoms with E-state index in [1.807, 2.05) is 38.1 Å². The van der Waals surface area contributed by atoms with Gasteiger partial charge >= 0.3 is 0 Å². The highest BCUT2D eigenvalue weighted by molar-refractivity contribution is 5.75. The van der Waals surface area contributed by atoms with E-state index < -0.39 is 6.10 Å². The minimum absolute atomic E-state index is 0.00587. The fourth-order valence-electron chi connectivity index (χ4n) is 1.51. The van der Waals surface area contributed by atoms with Crippen molar-refractivity contribution in [2.75, 3.05) is 6.54 Å². The molecule has 1 rings (SSSR count). The first-order valence-corrected chi connectivity index (χ1v) is 5.64. The summed E-state index contributed by atoms with van der Waals surface area (Å²) in [4.78, 5) is 11.2. The molecule has 0 aromatic heterocycles. The molecular weight excluding hydrogens is 202 g/mol. The summed E-state index contributed by atoms with van der Waals surface area (Å²) < 4.78 is 0. The first kappa shape index (κ1) is 12.7. The van der Waals surface area contributed by atoms with Gasteiger partial charge in [0.15, 0.2) is 0 Å². The van der Waals surface area contributed by atoms with E-state index in [0.717, 1.165) is 5.56 Å². The zero-order valence-corrected chi connectivity index (χ0v) is 9.86. The van der Waals surface area contributed by atoms with Gasteiger partial charge in [-0.2, -0.15) is 0 Å². The summed E-state index contributed by atoms with van der Waals surface area (Å²) in [6, 6.07) is 7.73. The lowest BCUT2D eigenvalue weighted by molar-refractivity contribution is -0.121. The van der Waals surface area contributed by atoms with Gasteiger partial charge < -0.3 is 10.4 Å². The molecule has 0 radical (unpaired) electrons. The van der Waals surface area contributed by atoms with Crippen molar-refractivity contribution in [3.63, 3.8) is 0 Å². The normalized spacial score (nSPS) is 12.2. The average molecular weight is 221 g/mol. The molecule has 0 heterocycles. The molecular formula is C13H19NO2. The van der Waals surface area contributed by atoms with Crippen molar-refractivity contribution in [2.24, 2.45) is 0 Å². The monoisotopic (exact) mass is 221 g/mol. The summed E-state index contributed by atoms with van der Waals surface area (Å²) in [6.07, 6.45) is 0.279. The Morgan fingerprint density at radius 3 is 2.56 bits per heavy atom. The second-order valence-electron chi connectivity index (χ2n) is 3.92. The quantitative estimate of drug-likeness (QED) is 0.798. The Morgan fingerprint density at radius 2 is 2.00 bits per heavy atom. The highest BCUT2D eigenvalue weighted by Crippen LogP contribution is 2.18. The predicted octanol–water partition coefficient (Wildman–Crippen LogP) is 1.94. The van der Waals surface area contributed by atoms with E-state index in [2.05, 4.69) is 5.32 Å². The lowest BCUT2D eigenvalue weighted by Gasteiger charge is -2.10. The molecule has 16 heavy (non-hydrogen) atoms. The standard InChI is InChI=1S/C13H19NO2/c1-3-14-13(16)9-8-12(15)11-6-4-10(2)5-7-11/h4-7,12,15H,3,8-9H2,1-2H3,(H,14,16). The topological polar surface area (TPSA) is 49.3 Å². The molecule has 1 amide bonds. The molecule has 0 spiro atoms. The molecule has 88 valence electrons. The third kappa shape index (κ3) is 4.03. The van der Waals surface area contributed by atoms with Crippen molar-refractivity contribution in [2.45, 2.75) is 32.8 Å². The molecule has 3 heteroatoms. The van der Waals surface area contributed by atoms with Crippen LogP contribution in [0.2, 0.25) is 0 Å². The Hall–Kier alpha value is -1.35. The molecule has 1 unspecified atom stereocenters. The van der Waals surface area contributed by atoms with Gasteiger partial charge in [-0.05, 0) is 25.8 Å². The average Bonchev–Trinajstić information content (AvgIpc) is 2.27. The second kappa shape index (κ2) is 6.28. The van der Waals surface area contributed by atoms with E-state index in [1.165, 1.54) is 5.56 Å². The van der Waals surface area contributed by atoms with Crippen molar-refractivity contribution in [3.8, 4) is 0 Å². The van der Waals surface area contributed by atoms with E-state index in [0.29, 0.717) is 19.4 Å². The number of hydrogen-bond acceptors (Lipinski definition) is 2. The second-order valence-corrected chi connectivity index (χ2v) is 3.92. The lowest BCUT2D eigenvalue weighted by Crippen LogP contribution is -2.22. The molecule has 1 atom stereocenters. The molecule has 3 nitrogen and oxygen atoms in total. The molecule has 1 aromatic rings. The molecule has 0 saturated heterocycles. The molecule has 0 bridgehead atoms. The van der Waals surface area contributed by atoms with E-state index in [9.17, 15) is 9.90 Å². The van der Waals surface area contributed by atoms with Crippen LogP contribution in [0, 0.1) is 6.92 Å². The van der Waals surface area contributed by atoms with Crippen LogP contribution in [0.1, 0.15) is 37.0 Å². The van der Waals surface area contributed by atoms with Gasteiger partial charge in [0.05, 0.1) is 6.10 Å². The van der Waals surface area contributed by atoms with Crippen LogP contribution in [0.3, 0.4) is 0 Å². The molecule has 2 N–H and O–H groups in total. The first-order chi connectivity index (χ1) is 7.63. The van der Waals surface area contributed by atoms with Crippen LogP contribution in [-0.4, -0.2) is 17.6 Å². The number of aryl methyl sites for hydroxylation is 1. The van der Waals surface area contributed by atoms with E-state index in [-0.39, 0.29) is 5.91 Å². The van der Waals surface area contributed by atoms with E-state index in [4.69, 9.17) is 0 Å². The van der Waals surface area contributed by atoms with Crippen molar-refractivity contribution in [1.82, 2.24) is 5.32 Å². The maximum absolute atomic E-state index is 11.2. The first-order valence-electron chi connectivity index (χ1n) is 5.64. The maximum atomic E-state index is 11.2. The minimum atomic E-state index is -0.553. The maximum Gasteiger partial charge on any atom is 0.220 e. The molecule has 1 aromatic carbocycles. The fraction of sp³-hybridized carbons (Fsp3) is 0.462. The van der Waals surface area contributed by atoms with Gasteiger partial charge in [0.25, 0.3) is 0 Å². The van der Waals surface area contributed by atoms with Crippen LogP contribution in [-0.2, 0) is 4.79 Å². The molecule has 0 aliphatic rings. The summed E-state index contributed by atoms with van der Waals surface area (Å²) >= 11 is 0. The Bertz CT molecular complexity index is 332. The van der Waals surface area contributed by atoms with Crippen LogP contribution in [0.5, 0.6) is 0 Å². The largest absolute Gasteiger partial charge is 0.388 e. The van der Waals surface area contributed by atoms with Crippen molar-refractivity contribution in [1.29, 1.82) is 0 Å². The van der Waals surface area contributed by atoms with Gasteiger partial charge in [0.1, 0.15) is 0 Å². The van der Waals surface area contributed by atoms with Gasteiger partial charge in [0.2, 0.25) is 5.91 Å². The minimum Gasteiger partial charge on any atom is -0.388 e. The third-order valence-electron chi connectivity index (χ3n) is 2.48. The number of benzene rings is 1. The fourth-order valence-corrected chi connectivity index (χ4v) is 1.51. The zero-order valence-electron chi connectivity index (χ0n) is 9.86. The van der Waals surface area contributed by atoms with Gasteiger partial charge in [0, 0.05) is 13.0 Å². The van der Waals surface area contributed by atoms with E-state index >= 15 is 0 Å². The Morgan fingerprint density at radius 1 is 1.38 bits per heavy atom. The third-order valence-corrected chi connectivity index (χ3v) is 2.48. The Balaban J connectivity index is 2.43. The predicted molar refractivity (Wildman–Crippen MR) is 64.1 cm³/mol. The number of aliphatic hydroxyl groups is 1. The molecule has 0 aliphatic heterocycles. The Kier molecular flexibility index (Phi) is 4.99. The van der Waals surface area contributed by atoms with Crippen molar-refractivity contribution >= 4 is 5.91 Å². The molecule has 0 aliphatic carbocycles. The number of carbonyl (C=O) groups excluding carboxylic acids is 1. The molecule has 0 saturated carbocycles. The van der Waals surface area contributed by atoms with Crippen LogP contribution in [0.15, 0.2) is 24.3 Å². The van der Waals surface area contributed by atoms with Crippen molar-refractivity contribution < 1.29 is 9.90 Å². The lowest BCUT2D eigenvalue weighted by atomic mass is 10.0. The number of amides is 1. The smallest absolute Gasteiger partial charge is 0.220 e. The number of aliphatic hydroxyl groups excluding tert-OH is 1. The molecule has 0 fully saturated rings. The van der Waals surface area contributed by atoms with Gasteiger partial charge in [-0.1, -0.05) is 29.8 Å². The van der Waals surface area contributed by atoms with Gasteiger partial charge in [-0.3, -0.25) is 4.79 Å². The summed E-state index contributed by atoms with van der Waals surface area (Å²) in [5.74, 6) is -0.00587. The Labute approximate surface area is 96.5 Å². The SMILES string of the molecule is CCNC(=O)CCC(O)c1ccc(C)cc1. The summed E-state index contributed by atoms with van der Waals surface area (Å²) in [5, 5.41) is 12.6. The highest BCUT2D eigenvalue weighted by atomic mass is 16.3. The zero-order chi connectivity index (χ0) is 12.0. The summed E-state index contributed by atoms with van der Waals surface area (Å²) in [7, 11) is 0. The van der Waals surface area contributed by atoms with Gasteiger partial charge in [-0.15, -0.1) is 0 Å². The van der Waals surface area contributed by atoms with Crippen LogP contribution >= 0.6 is 0 Å². The highest BCUT2D eigenvalue weighted by Gasteiger charge is 2.09. The van der Waals surface area contributed by atoms with Gasteiger partial charge in [-0.25, -0.2) is 0 Å². The van der Waals surface area contributed by atoms with Crippen LogP contribution < -0.4 is 5.32 Å². The number of nitrogens with one attached hydrogen (secondary N) is 1. The number of carbonyl (C=O) groups is 1. The van der Waals surface area contributed by atoms with Crippen LogP contribution in [0.25, 0.3) is 0 Å². The van der Waals surface area contributed by atoms with Crippen LogP contribution in [0.4, 0.5) is 0 Å². The van der Waals surface area contributed by atoms with E-state index in [1.54, 1.807) is 0 Å². The summed E-state index contributed by atoms with van der Waals surface area (Å²) in [5.41, 5.74) is 2.04. The number of rotatable bonds is 5. The number of hydrogen-bond donors (Lipinski definition) is 2. The summed E-state index contributed by atoms with van der Waals surface area (Å²) in [6.45, 7) is 4.53.